The van der Waals surface area contributed by atoms with Gasteiger partial charge in [0.1, 0.15) is 5.75 Å². The summed E-state index contributed by atoms with van der Waals surface area (Å²) >= 11 is 0. The Kier molecular flexibility index (Phi) is 4.09. The Balaban J connectivity index is 2.61. The lowest BCUT2D eigenvalue weighted by atomic mass is 9.96. The van der Waals surface area contributed by atoms with E-state index in [1.165, 1.54) is 5.56 Å². The zero-order valence-corrected chi connectivity index (χ0v) is 12.8. The van der Waals surface area contributed by atoms with Crippen molar-refractivity contribution in [1.29, 1.82) is 0 Å². The predicted molar refractivity (Wildman–Crippen MR) is 79.7 cm³/mol. The number of hydrogen-bond acceptors (Lipinski definition) is 4. The van der Waals surface area contributed by atoms with E-state index in [2.05, 4.69) is 43.0 Å². The molecule has 0 saturated heterocycles. The van der Waals surface area contributed by atoms with Gasteiger partial charge in [-0.05, 0) is 36.1 Å². The van der Waals surface area contributed by atoms with Crippen molar-refractivity contribution in [1.82, 2.24) is 14.8 Å². The van der Waals surface area contributed by atoms with E-state index in [0.29, 0.717) is 18.3 Å². The molecule has 0 bridgehead atoms. The van der Waals surface area contributed by atoms with Crippen LogP contribution in [0.1, 0.15) is 36.7 Å². The van der Waals surface area contributed by atoms with Crippen molar-refractivity contribution in [2.45, 2.75) is 33.2 Å². The summed E-state index contributed by atoms with van der Waals surface area (Å²) < 4.78 is 7.25. The molecule has 5 nitrogen and oxygen atoms in total. The van der Waals surface area contributed by atoms with Gasteiger partial charge in [-0.25, -0.2) is 9.67 Å². The number of aromatic nitrogens is 3. The first-order valence-corrected chi connectivity index (χ1v) is 6.76. The normalized spacial score (nSPS) is 11.2. The molecule has 1 aromatic carbocycles. The quantitative estimate of drug-likeness (QED) is 0.929. The number of rotatable bonds is 4. The third-order valence-electron chi connectivity index (χ3n) is 3.43. The van der Waals surface area contributed by atoms with Gasteiger partial charge in [-0.3, -0.25) is 0 Å². The van der Waals surface area contributed by atoms with Gasteiger partial charge in [-0.2, -0.15) is 5.10 Å². The molecule has 2 aromatic rings. The molecular formula is C15H22N4O. The molecule has 108 valence electrons. The van der Waals surface area contributed by atoms with Crippen LogP contribution in [0.25, 0.3) is 11.4 Å². The van der Waals surface area contributed by atoms with E-state index in [9.17, 15) is 0 Å². The molecule has 20 heavy (non-hydrogen) atoms. The smallest absolute Gasteiger partial charge is 0.164 e. The van der Waals surface area contributed by atoms with Crippen molar-refractivity contribution in [3.05, 3.63) is 29.1 Å². The van der Waals surface area contributed by atoms with Crippen LogP contribution in [-0.2, 0) is 13.6 Å². The summed E-state index contributed by atoms with van der Waals surface area (Å²) in [4.78, 5) is 4.50. The maximum Gasteiger partial charge on any atom is 0.164 e. The fraction of sp³-hybridized carbons (Fsp3) is 0.467. The van der Waals surface area contributed by atoms with Crippen molar-refractivity contribution >= 4 is 0 Å². The fourth-order valence-electron chi connectivity index (χ4n) is 2.33. The zero-order chi connectivity index (χ0) is 14.9. The molecule has 0 aliphatic carbocycles. The first kappa shape index (κ1) is 14.5. The van der Waals surface area contributed by atoms with Crippen LogP contribution in [0, 0.1) is 6.92 Å². The number of aryl methyl sites for hydroxylation is 2. The highest BCUT2D eigenvalue weighted by molar-refractivity contribution is 5.64. The van der Waals surface area contributed by atoms with E-state index in [1.807, 2.05) is 7.05 Å². The van der Waals surface area contributed by atoms with Gasteiger partial charge in [0.05, 0.1) is 13.7 Å². The minimum absolute atomic E-state index is 0.347. The van der Waals surface area contributed by atoms with Gasteiger partial charge in [0, 0.05) is 12.6 Å². The Hall–Kier alpha value is -1.88. The van der Waals surface area contributed by atoms with Crippen molar-refractivity contribution in [3.63, 3.8) is 0 Å². The molecule has 0 atom stereocenters. The number of ether oxygens (including phenoxy) is 1. The molecule has 0 amide bonds. The van der Waals surface area contributed by atoms with Crippen LogP contribution in [0.5, 0.6) is 5.75 Å². The van der Waals surface area contributed by atoms with Crippen molar-refractivity contribution in [2.24, 2.45) is 12.8 Å². The average molecular weight is 274 g/mol. The zero-order valence-electron chi connectivity index (χ0n) is 12.8. The minimum Gasteiger partial charge on any atom is -0.496 e. The molecular weight excluding hydrogens is 252 g/mol. The van der Waals surface area contributed by atoms with E-state index in [1.54, 1.807) is 11.8 Å². The first-order chi connectivity index (χ1) is 9.47. The van der Waals surface area contributed by atoms with Crippen LogP contribution in [-0.4, -0.2) is 21.9 Å². The van der Waals surface area contributed by atoms with E-state index in [0.717, 1.165) is 22.7 Å². The van der Waals surface area contributed by atoms with Crippen LogP contribution in [0.3, 0.4) is 0 Å². The molecule has 0 fully saturated rings. The summed E-state index contributed by atoms with van der Waals surface area (Å²) in [7, 11) is 3.59. The SMILES string of the molecule is COc1cc(C)c(-c2nc(CN)nn2C)cc1C(C)C. The third-order valence-corrected chi connectivity index (χ3v) is 3.43. The maximum absolute atomic E-state index is 5.61. The third kappa shape index (κ3) is 2.54. The Bertz CT molecular complexity index is 617. The molecule has 1 heterocycles. The lowest BCUT2D eigenvalue weighted by molar-refractivity contribution is 0.407. The van der Waals surface area contributed by atoms with E-state index < -0.39 is 0 Å². The summed E-state index contributed by atoms with van der Waals surface area (Å²) in [6.45, 7) is 6.71. The van der Waals surface area contributed by atoms with E-state index >= 15 is 0 Å². The van der Waals surface area contributed by atoms with Gasteiger partial charge in [-0.15, -0.1) is 0 Å². The lowest BCUT2D eigenvalue weighted by Crippen LogP contribution is -2.01. The minimum atomic E-state index is 0.347. The maximum atomic E-state index is 5.61. The van der Waals surface area contributed by atoms with Crippen molar-refractivity contribution in [3.8, 4) is 17.1 Å². The van der Waals surface area contributed by atoms with Crippen LogP contribution in [0.15, 0.2) is 12.1 Å². The standard InChI is InChI=1S/C15H22N4O/c1-9(2)11-7-12(10(3)6-13(11)20-5)15-17-14(8-16)18-19(15)4/h6-7,9H,8,16H2,1-5H3. The molecule has 2 rings (SSSR count). The van der Waals surface area contributed by atoms with Gasteiger partial charge in [0.15, 0.2) is 11.6 Å². The molecule has 0 aliphatic rings. The van der Waals surface area contributed by atoms with Crippen LogP contribution in [0.4, 0.5) is 0 Å². The first-order valence-electron chi connectivity index (χ1n) is 6.76. The highest BCUT2D eigenvalue weighted by Crippen LogP contribution is 2.33. The number of methoxy groups -OCH3 is 1. The van der Waals surface area contributed by atoms with Crippen LogP contribution >= 0.6 is 0 Å². The summed E-state index contributed by atoms with van der Waals surface area (Å²) in [5, 5.41) is 4.31. The summed E-state index contributed by atoms with van der Waals surface area (Å²) in [5.41, 5.74) is 8.97. The van der Waals surface area contributed by atoms with Gasteiger partial charge in [0.2, 0.25) is 0 Å². The van der Waals surface area contributed by atoms with Gasteiger partial charge in [0.25, 0.3) is 0 Å². The lowest BCUT2D eigenvalue weighted by Gasteiger charge is -2.15. The fourth-order valence-corrected chi connectivity index (χ4v) is 2.33. The second-order valence-electron chi connectivity index (χ2n) is 5.24. The number of nitrogens with two attached hydrogens (primary N) is 1. The monoisotopic (exact) mass is 274 g/mol. The van der Waals surface area contributed by atoms with Crippen molar-refractivity contribution in [2.75, 3.05) is 7.11 Å². The summed E-state index contributed by atoms with van der Waals surface area (Å²) in [6, 6.07) is 4.20. The number of benzene rings is 1. The highest BCUT2D eigenvalue weighted by atomic mass is 16.5. The number of hydrogen-bond donors (Lipinski definition) is 1. The van der Waals surface area contributed by atoms with Crippen LogP contribution < -0.4 is 10.5 Å². The van der Waals surface area contributed by atoms with Gasteiger partial charge in [-0.1, -0.05) is 13.8 Å². The Morgan fingerprint density at radius 2 is 2.05 bits per heavy atom. The topological polar surface area (TPSA) is 66.0 Å². The largest absolute Gasteiger partial charge is 0.496 e. The van der Waals surface area contributed by atoms with E-state index in [4.69, 9.17) is 10.5 Å². The Morgan fingerprint density at radius 1 is 1.35 bits per heavy atom. The highest BCUT2D eigenvalue weighted by Gasteiger charge is 2.16. The molecule has 0 aliphatic heterocycles. The second kappa shape index (κ2) is 5.63. The molecule has 1 aromatic heterocycles. The number of nitrogens with zero attached hydrogens (tertiary/aromatic N) is 3. The van der Waals surface area contributed by atoms with E-state index in [-0.39, 0.29) is 0 Å². The van der Waals surface area contributed by atoms with Gasteiger partial charge < -0.3 is 10.5 Å². The summed E-state index contributed by atoms with van der Waals surface area (Å²) in [5.74, 6) is 2.80. The van der Waals surface area contributed by atoms with Crippen molar-refractivity contribution < 1.29 is 4.74 Å². The second-order valence-corrected chi connectivity index (χ2v) is 5.24. The molecule has 0 saturated carbocycles. The Morgan fingerprint density at radius 3 is 2.55 bits per heavy atom. The Labute approximate surface area is 119 Å². The molecule has 0 radical (unpaired) electrons. The van der Waals surface area contributed by atoms with Gasteiger partial charge >= 0.3 is 0 Å². The molecule has 5 heteroatoms. The predicted octanol–water partition coefficient (Wildman–Crippen LogP) is 2.38. The summed E-state index contributed by atoms with van der Waals surface area (Å²) in [6.07, 6.45) is 0. The molecule has 2 N–H and O–H groups in total. The molecule has 0 unspecified atom stereocenters. The van der Waals surface area contributed by atoms with Crippen LogP contribution in [0.2, 0.25) is 0 Å². The average Bonchev–Trinajstić information content (AvgIpc) is 2.79. The molecule has 0 spiro atoms.